The van der Waals surface area contributed by atoms with Crippen LogP contribution in [0.4, 0.5) is 26.3 Å². The van der Waals surface area contributed by atoms with Gasteiger partial charge in [-0.3, -0.25) is 0 Å². The van der Waals surface area contributed by atoms with E-state index in [1.165, 1.54) is 24.3 Å². The van der Waals surface area contributed by atoms with Crippen LogP contribution in [0.3, 0.4) is 0 Å². The van der Waals surface area contributed by atoms with Crippen LogP contribution in [0.5, 0.6) is 0 Å². The molecule has 0 bridgehead atoms. The van der Waals surface area contributed by atoms with Crippen molar-refractivity contribution in [2.24, 2.45) is 0 Å². The maximum absolute atomic E-state index is 13.9. The average molecular weight is 687 g/mol. The first-order valence-electron chi connectivity index (χ1n) is 16.9. The molecule has 264 valence electrons. The lowest BCUT2D eigenvalue weighted by molar-refractivity contribution is -0.138. The van der Waals surface area contributed by atoms with Crippen LogP contribution in [0.1, 0.15) is 134 Å². The second-order valence-corrected chi connectivity index (χ2v) is 12.5. The molecule has 0 fully saturated rings. The molecule has 0 aliphatic carbocycles. The van der Waals surface area contributed by atoms with Crippen LogP contribution in [-0.2, 0) is 17.1 Å². The van der Waals surface area contributed by atoms with Gasteiger partial charge in [-0.2, -0.15) is 26.3 Å². The molecule has 0 spiro atoms. The number of hydrogen-bond acceptors (Lipinski definition) is 3. The Kier molecular flexibility index (Phi) is 13.5. The highest BCUT2D eigenvalue weighted by atomic mass is 19.4. The Labute approximate surface area is 284 Å². The summed E-state index contributed by atoms with van der Waals surface area (Å²) in [6, 6.07) is 22.9. The number of aliphatic hydroxyl groups is 2. The van der Waals surface area contributed by atoms with Crippen molar-refractivity contribution in [3.63, 3.8) is 0 Å². The molecule has 0 radical (unpaired) electrons. The molecule has 9 heteroatoms. The zero-order valence-corrected chi connectivity index (χ0v) is 27.8. The maximum Gasteiger partial charge on any atom is 0.416 e. The third-order valence-corrected chi connectivity index (χ3v) is 8.66. The molecule has 4 unspecified atom stereocenters. The number of aliphatic hydroxyl groups excluding tert-OH is 2. The summed E-state index contributed by atoms with van der Waals surface area (Å²) in [6.07, 6.45) is -6.96. The first kappa shape index (κ1) is 38.1. The van der Waals surface area contributed by atoms with E-state index in [0.717, 1.165) is 62.8 Å². The van der Waals surface area contributed by atoms with Crippen LogP contribution < -0.4 is 0 Å². The van der Waals surface area contributed by atoms with E-state index in [9.17, 15) is 36.6 Å². The largest absolute Gasteiger partial charge is 0.416 e. The van der Waals surface area contributed by atoms with Crippen LogP contribution >= 0.6 is 0 Å². The Hall–Kier alpha value is -3.66. The minimum Gasteiger partial charge on any atom is -0.388 e. The highest BCUT2D eigenvalue weighted by Gasteiger charge is 2.34. The second kappa shape index (κ2) is 17.3. The summed E-state index contributed by atoms with van der Waals surface area (Å²) in [5.74, 6) is 0. The molecule has 49 heavy (non-hydrogen) atoms. The van der Waals surface area contributed by atoms with Crippen molar-refractivity contribution in [1.29, 1.82) is 0 Å². The van der Waals surface area contributed by atoms with Crippen LogP contribution in [-0.4, -0.2) is 10.2 Å². The molecule has 0 amide bonds. The summed E-state index contributed by atoms with van der Waals surface area (Å²) in [5.41, 5.74) is 0.451. The molecule has 0 heterocycles. The molecule has 0 aliphatic heterocycles. The first-order chi connectivity index (χ1) is 23.3. The summed E-state index contributed by atoms with van der Waals surface area (Å²) >= 11 is 0. The van der Waals surface area contributed by atoms with Gasteiger partial charge in [0, 0.05) is 0 Å². The monoisotopic (exact) mass is 686 g/mol. The van der Waals surface area contributed by atoms with Gasteiger partial charge in [-0.15, -0.1) is 0 Å². The van der Waals surface area contributed by atoms with E-state index in [1.54, 1.807) is 48.5 Å². The van der Waals surface area contributed by atoms with Gasteiger partial charge in [-0.25, -0.2) is 0 Å². The molecule has 0 aliphatic rings. The van der Waals surface area contributed by atoms with E-state index in [1.807, 2.05) is 13.8 Å². The summed E-state index contributed by atoms with van der Waals surface area (Å²) in [5, 5.41) is 21.9. The summed E-state index contributed by atoms with van der Waals surface area (Å²) in [4.78, 5) is 0. The van der Waals surface area contributed by atoms with Crippen molar-refractivity contribution >= 4 is 0 Å². The third-order valence-electron chi connectivity index (χ3n) is 8.66. The van der Waals surface area contributed by atoms with Gasteiger partial charge in [0.1, 0.15) is 12.2 Å². The van der Waals surface area contributed by atoms with E-state index in [4.69, 9.17) is 4.74 Å². The molecule has 2 N–H and O–H groups in total. The van der Waals surface area contributed by atoms with Gasteiger partial charge in [-0.1, -0.05) is 125 Å². The predicted molar refractivity (Wildman–Crippen MR) is 179 cm³/mol. The van der Waals surface area contributed by atoms with E-state index >= 15 is 0 Å². The van der Waals surface area contributed by atoms with Crippen LogP contribution in [0.2, 0.25) is 0 Å². The van der Waals surface area contributed by atoms with Gasteiger partial charge in [0.2, 0.25) is 0 Å². The molecule has 4 aromatic carbocycles. The summed E-state index contributed by atoms with van der Waals surface area (Å²) in [7, 11) is 0. The number of alkyl halides is 6. The Morgan fingerprint density at radius 2 is 0.816 bits per heavy atom. The van der Waals surface area contributed by atoms with Gasteiger partial charge < -0.3 is 14.9 Å². The van der Waals surface area contributed by atoms with E-state index in [-0.39, 0.29) is 11.1 Å². The van der Waals surface area contributed by atoms with Crippen molar-refractivity contribution in [2.75, 3.05) is 0 Å². The topological polar surface area (TPSA) is 49.7 Å². The number of ether oxygens (including phenoxy) is 1. The standard InChI is InChI=1S/C40H44F6O3/c1-3-5-7-21-35(47)27-13-9-15-29(23-27)37(31-17-11-19-33(25-31)39(41,42)43)49-38(32-18-12-20-34(26-32)40(44,45)46)30-16-10-14-28(24-30)36(48)22-8-6-4-2/h9-20,23-26,35-38,47-48H,3-8,21-22H2,1-2H3. The first-order valence-corrected chi connectivity index (χ1v) is 16.9. The summed E-state index contributed by atoms with van der Waals surface area (Å²) < 4.78 is 90.3. The van der Waals surface area contributed by atoms with E-state index in [2.05, 4.69) is 0 Å². The Balaban J connectivity index is 1.86. The normalized spacial score (nSPS) is 14.7. The lowest BCUT2D eigenvalue weighted by Crippen LogP contribution is -2.16. The Morgan fingerprint density at radius 1 is 0.490 bits per heavy atom. The molecule has 0 saturated heterocycles. The number of hydrogen-bond donors (Lipinski definition) is 2. The second-order valence-electron chi connectivity index (χ2n) is 12.5. The fraction of sp³-hybridized carbons (Fsp3) is 0.400. The molecule has 4 aromatic rings. The quantitative estimate of drug-likeness (QED) is 0.0911. The molecule has 3 nitrogen and oxygen atoms in total. The Bertz CT molecular complexity index is 1500. The SMILES string of the molecule is CCCCCC(O)c1cccc(C(OC(c2cccc(C(O)CCCCC)c2)c2cccc(C(F)(F)F)c2)c2cccc(C(F)(F)F)c2)c1. The number of halogens is 6. The highest BCUT2D eigenvalue weighted by Crippen LogP contribution is 2.41. The third kappa shape index (κ3) is 10.7. The van der Waals surface area contributed by atoms with Crippen molar-refractivity contribution in [1.82, 2.24) is 0 Å². The molecule has 4 rings (SSSR count). The number of rotatable bonds is 16. The van der Waals surface area contributed by atoms with Crippen molar-refractivity contribution < 1.29 is 41.3 Å². The van der Waals surface area contributed by atoms with Crippen molar-refractivity contribution in [3.8, 4) is 0 Å². The smallest absolute Gasteiger partial charge is 0.388 e. The zero-order chi connectivity index (χ0) is 35.6. The van der Waals surface area contributed by atoms with E-state index in [0.29, 0.717) is 35.1 Å². The zero-order valence-electron chi connectivity index (χ0n) is 27.8. The van der Waals surface area contributed by atoms with Crippen molar-refractivity contribution in [3.05, 3.63) is 142 Å². The van der Waals surface area contributed by atoms with Gasteiger partial charge in [0.05, 0.1) is 23.3 Å². The molecular formula is C40H44F6O3. The van der Waals surface area contributed by atoms with E-state index < -0.39 is 47.9 Å². The van der Waals surface area contributed by atoms with Crippen LogP contribution in [0.15, 0.2) is 97.1 Å². The lowest BCUT2D eigenvalue weighted by atomic mass is 9.93. The molecular weight excluding hydrogens is 642 g/mol. The predicted octanol–water partition coefficient (Wildman–Crippen LogP) is 11.8. The summed E-state index contributed by atoms with van der Waals surface area (Å²) in [6.45, 7) is 4.10. The molecule has 0 aromatic heterocycles. The number of benzene rings is 4. The van der Waals surface area contributed by atoms with Crippen molar-refractivity contribution in [2.45, 2.75) is 102 Å². The minimum absolute atomic E-state index is 0.139. The number of unbranched alkanes of at least 4 members (excludes halogenated alkanes) is 4. The minimum atomic E-state index is -4.65. The van der Waals surface area contributed by atoms with Gasteiger partial charge >= 0.3 is 12.4 Å². The molecule has 0 saturated carbocycles. The lowest BCUT2D eigenvalue weighted by Gasteiger charge is -2.28. The van der Waals surface area contributed by atoms with Gasteiger partial charge in [-0.05, 0) is 70.5 Å². The van der Waals surface area contributed by atoms with Gasteiger partial charge in [0.25, 0.3) is 0 Å². The van der Waals surface area contributed by atoms with Crippen LogP contribution in [0.25, 0.3) is 0 Å². The average Bonchev–Trinajstić information content (AvgIpc) is 3.08. The van der Waals surface area contributed by atoms with Crippen LogP contribution in [0, 0.1) is 0 Å². The fourth-order valence-electron chi connectivity index (χ4n) is 5.96. The fourth-order valence-corrected chi connectivity index (χ4v) is 5.96. The Morgan fingerprint density at radius 3 is 1.16 bits per heavy atom. The van der Waals surface area contributed by atoms with Gasteiger partial charge in [0.15, 0.2) is 0 Å². The highest BCUT2D eigenvalue weighted by molar-refractivity contribution is 5.40. The maximum atomic E-state index is 13.9. The molecule has 4 atom stereocenters.